The molecule has 0 unspecified atom stereocenters. The van der Waals surface area contributed by atoms with Gasteiger partial charge in [-0.05, 0) is 38.1 Å². The quantitative estimate of drug-likeness (QED) is 0.863. The normalized spacial score (nSPS) is 10.3. The van der Waals surface area contributed by atoms with Gasteiger partial charge in [-0.2, -0.15) is 0 Å². The highest BCUT2D eigenvalue weighted by molar-refractivity contribution is 7.13. The number of aryl methyl sites for hydroxylation is 2. The fraction of sp³-hybridized carbons (Fsp3) is 0.286. The largest absolute Gasteiger partial charge is 0.492 e. The summed E-state index contributed by atoms with van der Waals surface area (Å²) in [6, 6.07) is 5.76. The molecular weight excluding hydrogens is 279 g/mol. The Morgan fingerprint density at radius 2 is 2.05 bits per heavy atom. The van der Waals surface area contributed by atoms with E-state index in [4.69, 9.17) is 4.74 Å². The summed E-state index contributed by atoms with van der Waals surface area (Å²) in [4.78, 5) is 16.7. The molecule has 1 amide bonds. The molecule has 0 bridgehead atoms. The van der Waals surface area contributed by atoms with Crippen LogP contribution in [-0.2, 0) is 0 Å². The molecule has 0 atom stereocenters. The average Bonchev–Trinajstić information content (AvgIpc) is 2.75. The monoisotopic (exact) mass is 294 g/mol. The Morgan fingerprint density at radius 3 is 2.65 bits per heavy atom. The summed E-state index contributed by atoms with van der Waals surface area (Å²) in [6.45, 7) is 4.39. The number of amides is 1. The Labute approximate surface area is 120 Å². The van der Waals surface area contributed by atoms with Gasteiger partial charge in [-0.3, -0.25) is 4.79 Å². The van der Waals surface area contributed by atoms with Crippen molar-refractivity contribution in [2.75, 3.05) is 13.2 Å². The minimum atomic E-state index is -0.304. The van der Waals surface area contributed by atoms with Gasteiger partial charge in [0.2, 0.25) is 0 Å². The first-order chi connectivity index (χ1) is 9.56. The molecular formula is C14H15FN2O2S. The molecule has 1 heterocycles. The van der Waals surface area contributed by atoms with Gasteiger partial charge in [-0.25, -0.2) is 9.37 Å². The highest BCUT2D eigenvalue weighted by Gasteiger charge is 2.12. The molecule has 2 rings (SSSR count). The Hall–Kier alpha value is -1.95. The zero-order valence-electron chi connectivity index (χ0n) is 11.3. The maximum atomic E-state index is 12.7. The number of hydrogen-bond acceptors (Lipinski definition) is 4. The zero-order chi connectivity index (χ0) is 14.5. The molecule has 0 spiro atoms. The van der Waals surface area contributed by atoms with Crippen molar-refractivity contribution in [1.82, 2.24) is 10.3 Å². The number of carbonyl (C=O) groups excluding carboxylic acids is 1. The van der Waals surface area contributed by atoms with Gasteiger partial charge in [-0.15, -0.1) is 11.3 Å². The molecule has 0 fully saturated rings. The van der Waals surface area contributed by atoms with Gasteiger partial charge in [0.25, 0.3) is 5.91 Å². The highest BCUT2D eigenvalue weighted by atomic mass is 32.1. The predicted octanol–water partition coefficient (Wildman–Crippen LogP) is 2.71. The van der Waals surface area contributed by atoms with Crippen LogP contribution in [0.5, 0.6) is 5.75 Å². The molecule has 1 aromatic carbocycles. The topological polar surface area (TPSA) is 51.2 Å². The van der Waals surface area contributed by atoms with Gasteiger partial charge in [0.15, 0.2) is 0 Å². The number of nitrogens with zero attached hydrogens (tertiary/aromatic N) is 1. The zero-order valence-corrected chi connectivity index (χ0v) is 12.1. The molecule has 20 heavy (non-hydrogen) atoms. The summed E-state index contributed by atoms with van der Waals surface area (Å²) in [5, 5.41) is 3.64. The second-order valence-corrected chi connectivity index (χ2v) is 5.41. The lowest BCUT2D eigenvalue weighted by atomic mass is 10.3. The SMILES string of the molecule is Cc1nc(C)c(C(=O)NCCOc2ccc(F)cc2)s1. The molecule has 0 aliphatic heterocycles. The average molecular weight is 294 g/mol. The number of carbonyl (C=O) groups is 1. The maximum Gasteiger partial charge on any atom is 0.263 e. The van der Waals surface area contributed by atoms with Gasteiger partial charge in [0.05, 0.1) is 17.2 Å². The van der Waals surface area contributed by atoms with Crippen LogP contribution in [0.2, 0.25) is 0 Å². The molecule has 106 valence electrons. The van der Waals surface area contributed by atoms with Crippen LogP contribution in [0.25, 0.3) is 0 Å². The first-order valence-corrected chi connectivity index (χ1v) is 6.98. The molecule has 1 aromatic heterocycles. The number of thiazole rings is 1. The van der Waals surface area contributed by atoms with Crippen LogP contribution in [0.4, 0.5) is 4.39 Å². The lowest BCUT2D eigenvalue weighted by Crippen LogP contribution is -2.27. The van der Waals surface area contributed by atoms with Gasteiger partial charge >= 0.3 is 0 Å². The van der Waals surface area contributed by atoms with Crippen molar-refractivity contribution >= 4 is 17.2 Å². The third-order valence-corrected chi connectivity index (χ3v) is 3.65. The Balaban J connectivity index is 1.77. The molecule has 0 saturated heterocycles. The van der Waals surface area contributed by atoms with E-state index in [0.29, 0.717) is 23.8 Å². The van der Waals surface area contributed by atoms with E-state index >= 15 is 0 Å². The van der Waals surface area contributed by atoms with Crippen LogP contribution in [0.15, 0.2) is 24.3 Å². The lowest BCUT2D eigenvalue weighted by molar-refractivity contribution is 0.0950. The van der Waals surface area contributed by atoms with E-state index in [9.17, 15) is 9.18 Å². The summed E-state index contributed by atoms with van der Waals surface area (Å²) in [5.41, 5.74) is 0.740. The molecule has 6 heteroatoms. The van der Waals surface area contributed by atoms with Crippen molar-refractivity contribution in [1.29, 1.82) is 0 Å². The first kappa shape index (κ1) is 14.5. The number of nitrogens with one attached hydrogen (secondary N) is 1. The van der Waals surface area contributed by atoms with Crippen LogP contribution in [-0.4, -0.2) is 24.0 Å². The van der Waals surface area contributed by atoms with Crippen molar-refractivity contribution in [3.8, 4) is 5.75 Å². The van der Waals surface area contributed by atoms with Crippen LogP contribution >= 0.6 is 11.3 Å². The summed E-state index contributed by atoms with van der Waals surface area (Å²) in [5.74, 6) is 0.128. The minimum Gasteiger partial charge on any atom is -0.492 e. The molecule has 4 nitrogen and oxygen atoms in total. The lowest BCUT2D eigenvalue weighted by Gasteiger charge is -2.07. The van der Waals surface area contributed by atoms with E-state index in [0.717, 1.165) is 10.7 Å². The fourth-order valence-corrected chi connectivity index (χ4v) is 2.52. The van der Waals surface area contributed by atoms with E-state index in [-0.39, 0.29) is 11.7 Å². The first-order valence-electron chi connectivity index (χ1n) is 6.17. The summed E-state index contributed by atoms with van der Waals surface area (Å²) < 4.78 is 18.1. The Morgan fingerprint density at radius 1 is 1.35 bits per heavy atom. The van der Waals surface area contributed by atoms with Gasteiger partial charge in [-0.1, -0.05) is 0 Å². The number of rotatable bonds is 5. The van der Waals surface area contributed by atoms with Crippen molar-refractivity contribution in [3.05, 3.63) is 45.7 Å². The second kappa shape index (κ2) is 6.47. The highest BCUT2D eigenvalue weighted by Crippen LogP contribution is 2.16. The van der Waals surface area contributed by atoms with E-state index in [1.165, 1.54) is 23.5 Å². The van der Waals surface area contributed by atoms with Crippen molar-refractivity contribution in [2.24, 2.45) is 0 Å². The van der Waals surface area contributed by atoms with Gasteiger partial charge < -0.3 is 10.1 Å². The van der Waals surface area contributed by atoms with E-state index in [1.54, 1.807) is 12.1 Å². The smallest absolute Gasteiger partial charge is 0.263 e. The minimum absolute atomic E-state index is 0.143. The molecule has 0 saturated carbocycles. The van der Waals surface area contributed by atoms with Gasteiger partial charge in [0, 0.05) is 0 Å². The molecule has 0 radical (unpaired) electrons. The van der Waals surface area contributed by atoms with Crippen molar-refractivity contribution in [3.63, 3.8) is 0 Å². The third kappa shape index (κ3) is 3.77. The molecule has 2 aromatic rings. The van der Waals surface area contributed by atoms with E-state index < -0.39 is 0 Å². The number of aromatic nitrogens is 1. The number of halogens is 1. The van der Waals surface area contributed by atoms with Crippen molar-refractivity contribution < 1.29 is 13.9 Å². The summed E-state index contributed by atoms with van der Waals surface area (Å²) >= 11 is 1.37. The van der Waals surface area contributed by atoms with E-state index in [2.05, 4.69) is 10.3 Å². The Bertz CT molecular complexity index is 596. The predicted molar refractivity (Wildman–Crippen MR) is 75.8 cm³/mol. The van der Waals surface area contributed by atoms with E-state index in [1.807, 2.05) is 13.8 Å². The number of benzene rings is 1. The Kier molecular flexibility index (Phi) is 4.68. The van der Waals surface area contributed by atoms with Gasteiger partial charge in [0.1, 0.15) is 23.1 Å². The second-order valence-electron chi connectivity index (χ2n) is 4.21. The summed E-state index contributed by atoms with van der Waals surface area (Å²) in [7, 11) is 0. The van der Waals surface area contributed by atoms with Crippen LogP contribution < -0.4 is 10.1 Å². The third-order valence-electron chi connectivity index (χ3n) is 2.58. The fourth-order valence-electron chi connectivity index (χ4n) is 1.69. The van der Waals surface area contributed by atoms with Crippen LogP contribution in [0.3, 0.4) is 0 Å². The summed E-state index contributed by atoms with van der Waals surface area (Å²) in [6.07, 6.45) is 0. The molecule has 0 aliphatic carbocycles. The number of ether oxygens (including phenoxy) is 1. The standard InChI is InChI=1S/C14H15FN2O2S/c1-9-13(20-10(2)17-9)14(18)16-7-8-19-12-5-3-11(15)4-6-12/h3-6H,7-8H2,1-2H3,(H,16,18). The maximum absolute atomic E-state index is 12.7. The van der Waals surface area contributed by atoms with Crippen LogP contribution in [0.1, 0.15) is 20.4 Å². The van der Waals surface area contributed by atoms with Crippen molar-refractivity contribution in [2.45, 2.75) is 13.8 Å². The molecule has 1 N–H and O–H groups in total. The molecule has 0 aliphatic rings. The number of hydrogen-bond donors (Lipinski definition) is 1. The van der Waals surface area contributed by atoms with Crippen LogP contribution in [0, 0.1) is 19.7 Å².